The van der Waals surface area contributed by atoms with Crippen molar-refractivity contribution in [1.29, 1.82) is 0 Å². The number of carbonyl (C=O) groups excluding carboxylic acids is 1. The Kier molecular flexibility index (Phi) is 8.68. The van der Waals surface area contributed by atoms with Crippen LogP contribution >= 0.6 is 27.5 Å². The predicted octanol–water partition coefficient (Wildman–Crippen LogP) is 4.99. The second kappa shape index (κ2) is 11.5. The number of hydrogen-bond donors (Lipinski definition) is 0. The molecule has 180 valence electrons. The molecule has 0 radical (unpaired) electrons. The van der Waals surface area contributed by atoms with Crippen LogP contribution in [0.2, 0.25) is 5.02 Å². The van der Waals surface area contributed by atoms with Crippen molar-refractivity contribution in [2.45, 2.75) is 40.2 Å². The van der Waals surface area contributed by atoms with Gasteiger partial charge in [0.1, 0.15) is 5.82 Å². The molecule has 8 nitrogen and oxygen atoms in total. The summed E-state index contributed by atoms with van der Waals surface area (Å²) in [5.41, 5.74) is 0.906. The summed E-state index contributed by atoms with van der Waals surface area (Å²) in [7, 11) is 0. The van der Waals surface area contributed by atoms with Crippen LogP contribution in [-0.4, -0.2) is 41.2 Å². The van der Waals surface area contributed by atoms with Crippen LogP contribution in [0.4, 0.5) is 0 Å². The first-order chi connectivity index (χ1) is 16.2. The molecule has 10 heteroatoms. The lowest BCUT2D eigenvalue weighted by Gasteiger charge is -2.15. The Bertz CT molecular complexity index is 1290. The minimum Gasteiger partial charge on any atom is -0.490 e. The normalized spacial score (nSPS) is 11.4. The van der Waals surface area contributed by atoms with Crippen molar-refractivity contribution in [3.8, 4) is 11.5 Å². The molecule has 1 aromatic heterocycles. The first kappa shape index (κ1) is 25.7. The molecule has 0 fully saturated rings. The molecule has 3 rings (SSSR count). The lowest BCUT2D eigenvalue weighted by atomic mass is 10.2. The summed E-state index contributed by atoms with van der Waals surface area (Å²) < 4.78 is 18.4. The number of fused-ring (bicyclic) bond motifs is 1. The van der Waals surface area contributed by atoms with Crippen LogP contribution < -0.4 is 15.0 Å². The molecule has 0 amide bonds. The van der Waals surface area contributed by atoms with Gasteiger partial charge in [-0.2, -0.15) is 9.78 Å². The first-order valence-corrected chi connectivity index (χ1v) is 11.9. The third-order valence-electron chi connectivity index (χ3n) is 4.55. The van der Waals surface area contributed by atoms with Crippen LogP contribution in [0.3, 0.4) is 0 Å². The zero-order valence-corrected chi connectivity index (χ0v) is 21.6. The minimum atomic E-state index is -0.513. The van der Waals surface area contributed by atoms with Gasteiger partial charge in [0, 0.05) is 10.9 Å². The molecular weight excluding hydrogens is 526 g/mol. The standard InChI is InChI=1S/C24H25BrClN3O5/c1-5-21-28-19-8-7-16(25)11-17(19)24(31)29(21)27-12-15-9-18(26)23(20(10-15)32-6-2)33-13-22(30)34-14(3)4/h7-12,14H,5-6,13H2,1-4H3. The SMILES string of the molecule is CCOc1cc(C=Nn2c(CC)nc3ccc(Br)cc3c2=O)cc(Cl)c1OCC(=O)OC(C)C. The van der Waals surface area contributed by atoms with Gasteiger partial charge in [-0.05, 0) is 56.7 Å². The highest BCUT2D eigenvalue weighted by Gasteiger charge is 2.16. The van der Waals surface area contributed by atoms with E-state index in [0.29, 0.717) is 41.1 Å². The molecule has 0 spiro atoms. The summed E-state index contributed by atoms with van der Waals surface area (Å²) in [6.45, 7) is 7.27. The maximum Gasteiger partial charge on any atom is 0.344 e. The number of carbonyl (C=O) groups is 1. The van der Waals surface area contributed by atoms with Gasteiger partial charge < -0.3 is 14.2 Å². The second-order valence-electron chi connectivity index (χ2n) is 7.49. The van der Waals surface area contributed by atoms with E-state index in [4.69, 9.17) is 25.8 Å². The quantitative estimate of drug-likeness (QED) is 0.275. The van der Waals surface area contributed by atoms with Crippen molar-refractivity contribution < 1.29 is 19.0 Å². The molecule has 1 heterocycles. The molecule has 3 aromatic rings. The summed E-state index contributed by atoms with van der Waals surface area (Å²) in [5.74, 6) is 0.583. The van der Waals surface area contributed by atoms with Crippen molar-refractivity contribution >= 4 is 50.6 Å². The van der Waals surface area contributed by atoms with E-state index in [1.165, 1.54) is 10.9 Å². The summed E-state index contributed by atoms with van der Waals surface area (Å²) in [5, 5.41) is 5.06. The summed E-state index contributed by atoms with van der Waals surface area (Å²) in [6.07, 6.45) is 1.76. The molecule has 0 unspecified atom stereocenters. The van der Waals surface area contributed by atoms with Crippen molar-refractivity contribution in [1.82, 2.24) is 9.66 Å². The third-order valence-corrected chi connectivity index (χ3v) is 5.32. The van der Waals surface area contributed by atoms with Gasteiger partial charge in [0.05, 0.1) is 34.9 Å². The molecule has 0 aliphatic rings. The number of aromatic nitrogens is 2. The zero-order chi connectivity index (χ0) is 24.8. The predicted molar refractivity (Wildman–Crippen MR) is 135 cm³/mol. The molecule has 34 heavy (non-hydrogen) atoms. The molecule has 2 aromatic carbocycles. The van der Waals surface area contributed by atoms with Gasteiger partial charge >= 0.3 is 5.97 Å². The fourth-order valence-corrected chi connectivity index (χ4v) is 3.80. The molecule has 0 bridgehead atoms. The Morgan fingerprint density at radius 1 is 1.24 bits per heavy atom. The highest BCUT2D eigenvalue weighted by atomic mass is 79.9. The van der Waals surface area contributed by atoms with Crippen LogP contribution in [0.5, 0.6) is 11.5 Å². The maximum atomic E-state index is 13.1. The molecule has 0 saturated carbocycles. The van der Waals surface area contributed by atoms with Gasteiger partial charge in [-0.1, -0.05) is 34.5 Å². The minimum absolute atomic E-state index is 0.227. The number of benzene rings is 2. The van der Waals surface area contributed by atoms with E-state index in [-0.39, 0.29) is 29.0 Å². The number of rotatable bonds is 9. The lowest BCUT2D eigenvalue weighted by Crippen LogP contribution is -2.22. The van der Waals surface area contributed by atoms with E-state index in [9.17, 15) is 9.59 Å². The van der Waals surface area contributed by atoms with Crippen molar-refractivity contribution in [2.24, 2.45) is 5.10 Å². The van der Waals surface area contributed by atoms with Crippen LogP contribution in [0, 0.1) is 0 Å². The van der Waals surface area contributed by atoms with Crippen LogP contribution in [0.25, 0.3) is 10.9 Å². The van der Waals surface area contributed by atoms with Gasteiger partial charge in [-0.25, -0.2) is 9.78 Å². The number of ether oxygens (including phenoxy) is 3. The molecule has 0 atom stereocenters. The zero-order valence-electron chi connectivity index (χ0n) is 19.3. The number of hydrogen-bond acceptors (Lipinski definition) is 7. The smallest absolute Gasteiger partial charge is 0.344 e. The topological polar surface area (TPSA) is 92.0 Å². The van der Waals surface area contributed by atoms with Crippen LogP contribution in [0.1, 0.15) is 39.1 Å². The Labute approximate surface area is 210 Å². The second-order valence-corrected chi connectivity index (χ2v) is 8.82. The van der Waals surface area contributed by atoms with Gasteiger partial charge in [-0.15, -0.1) is 0 Å². The Morgan fingerprint density at radius 3 is 2.68 bits per heavy atom. The van der Waals surface area contributed by atoms with E-state index in [2.05, 4.69) is 26.0 Å². The van der Waals surface area contributed by atoms with Gasteiger partial charge in [0.2, 0.25) is 0 Å². The van der Waals surface area contributed by atoms with Gasteiger partial charge in [-0.3, -0.25) is 4.79 Å². The van der Waals surface area contributed by atoms with Crippen LogP contribution in [-0.2, 0) is 16.0 Å². The summed E-state index contributed by atoms with van der Waals surface area (Å²) in [6, 6.07) is 8.63. The van der Waals surface area contributed by atoms with Gasteiger partial charge in [0.25, 0.3) is 5.56 Å². The summed E-state index contributed by atoms with van der Waals surface area (Å²) in [4.78, 5) is 29.5. The number of esters is 1. The fraction of sp³-hybridized carbons (Fsp3) is 0.333. The average molecular weight is 551 g/mol. The van der Waals surface area contributed by atoms with E-state index in [1.54, 1.807) is 38.1 Å². The largest absolute Gasteiger partial charge is 0.490 e. The highest BCUT2D eigenvalue weighted by molar-refractivity contribution is 9.10. The maximum absolute atomic E-state index is 13.1. The van der Waals surface area contributed by atoms with Crippen molar-refractivity contribution in [2.75, 3.05) is 13.2 Å². The fourth-order valence-electron chi connectivity index (χ4n) is 3.16. The number of halogens is 2. The van der Waals surface area contributed by atoms with Crippen molar-refractivity contribution in [3.63, 3.8) is 0 Å². The molecular formula is C24H25BrClN3O5. The van der Waals surface area contributed by atoms with E-state index in [1.807, 2.05) is 19.9 Å². The number of aryl methyl sites for hydroxylation is 1. The van der Waals surface area contributed by atoms with E-state index >= 15 is 0 Å². The average Bonchev–Trinajstić information content (AvgIpc) is 2.77. The third kappa shape index (κ3) is 6.15. The van der Waals surface area contributed by atoms with E-state index in [0.717, 1.165) is 4.47 Å². The Morgan fingerprint density at radius 2 is 2.00 bits per heavy atom. The Balaban J connectivity index is 1.96. The monoisotopic (exact) mass is 549 g/mol. The van der Waals surface area contributed by atoms with Crippen molar-refractivity contribution in [3.05, 3.63) is 61.6 Å². The summed E-state index contributed by atoms with van der Waals surface area (Å²) >= 11 is 9.81. The first-order valence-electron chi connectivity index (χ1n) is 10.8. The molecule has 0 saturated heterocycles. The molecule has 0 N–H and O–H groups in total. The number of nitrogens with zero attached hydrogens (tertiary/aromatic N) is 3. The van der Waals surface area contributed by atoms with Crippen LogP contribution in [0.15, 0.2) is 44.7 Å². The Hall–Kier alpha value is -2.91. The lowest BCUT2D eigenvalue weighted by molar-refractivity contribution is -0.149. The molecule has 0 aliphatic carbocycles. The van der Waals surface area contributed by atoms with Gasteiger partial charge in [0.15, 0.2) is 18.1 Å². The van der Waals surface area contributed by atoms with E-state index < -0.39 is 5.97 Å². The molecule has 0 aliphatic heterocycles. The highest BCUT2D eigenvalue weighted by Crippen LogP contribution is 2.36.